The minimum absolute atomic E-state index is 0.0303. The SMILES string of the molecule is COc1ccc(-c2onc(-c3ccc(Cl)cc3)c2S(=O)(=O)c2ccc(Cl)cc2)cc1. The average Bonchev–Trinajstić information content (AvgIpc) is 3.21. The molecule has 4 rings (SSSR count). The zero-order valence-corrected chi connectivity index (χ0v) is 18.0. The number of sulfone groups is 1. The second-order valence-corrected chi connectivity index (χ2v) is 9.14. The Morgan fingerprint density at radius 2 is 1.33 bits per heavy atom. The van der Waals surface area contributed by atoms with Crippen molar-refractivity contribution in [2.75, 3.05) is 7.11 Å². The van der Waals surface area contributed by atoms with Crippen LogP contribution in [0.15, 0.2) is 87.1 Å². The van der Waals surface area contributed by atoms with Crippen LogP contribution in [-0.2, 0) is 9.84 Å². The lowest BCUT2D eigenvalue weighted by atomic mass is 10.1. The maximum absolute atomic E-state index is 13.6. The van der Waals surface area contributed by atoms with Gasteiger partial charge < -0.3 is 9.26 Å². The summed E-state index contributed by atoms with van der Waals surface area (Å²) >= 11 is 11.9. The molecule has 5 nitrogen and oxygen atoms in total. The molecule has 0 radical (unpaired) electrons. The van der Waals surface area contributed by atoms with Crippen LogP contribution < -0.4 is 4.74 Å². The number of nitrogens with zero attached hydrogens (tertiary/aromatic N) is 1. The number of rotatable bonds is 5. The zero-order chi connectivity index (χ0) is 21.3. The molecule has 0 saturated heterocycles. The Hall–Kier alpha value is -2.80. The molecule has 8 heteroatoms. The Labute approximate surface area is 183 Å². The molecule has 0 bridgehead atoms. The minimum atomic E-state index is -3.97. The molecule has 0 aliphatic heterocycles. The topological polar surface area (TPSA) is 69.4 Å². The van der Waals surface area contributed by atoms with Crippen molar-refractivity contribution < 1.29 is 17.7 Å². The molecule has 0 fully saturated rings. The second kappa shape index (κ2) is 8.14. The van der Waals surface area contributed by atoms with Crippen molar-refractivity contribution in [2.45, 2.75) is 9.79 Å². The second-order valence-electron chi connectivity index (χ2n) is 6.38. The highest BCUT2D eigenvalue weighted by molar-refractivity contribution is 7.91. The molecule has 0 saturated carbocycles. The average molecular weight is 460 g/mol. The van der Waals surface area contributed by atoms with Gasteiger partial charge in [0.05, 0.1) is 12.0 Å². The summed E-state index contributed by atoms with van der Waals surface area (Å²) in [7, 11) is -2.42. The highest BCUT2D eigenvalue weighted by Crippen LogP contribution is 2.39. The zero-order valence-electron chi connectivity index (χ0n) is 15.7. The van der Waals surface area contributed by atoms with Gasteiger partial charge in [0.25, 0.3) is 0 Å². The molecule has 0 spiro atoms. The third kappa shape index (κ3) is 3.81. The first-order valence-corrected chi connectivity index (χ1v) is 11.0. The highest BCUT2D eigenvalue weighted by atomic mass is 35.5. The number of halogens is 2. The van der Waals surface area contributed by atoms with Crippen LogP contribution in [0.1, 0.15) is 0 Å². The predicted molar refractivity (Wildman–Crippen MR) is 116 cm³/mol. The van der Waals surface area contributed by atoms with Crippen molar-refractivity contribution in [2.24, 2.45) is 0 Å². The van der Waals surface area contributed by atoms with Gasteiger partial charge in [0.1, 0.15) is 16.3 Å². The maximum atomic E-state index is 13.6. The van der Waals surface area contributed by atoms with Crippen LogP contribution in [0.5, 0.6) is 5.75 Å². The molecule has 1 aromatic heterocycles. The Bertz CT molecular complexity index is 1280. The summed E-state index contributed by atoms with van der Waals surface area (Å²) in [5, 5.41) is 5.05. The van der Waals surface area contributed by atoms with Gasteiger partial charge in [-0.25, -0.2) is 8.42 Å². The quantitative estimate of drug-likeness (QED) is 0.357. The summed E-state index contributed by atoms with van der Waals surface area (Å²) in [4.78, 5) is 0.0531. The first kappa shape index (κ1) is 20.5. The van der Waals surface area contributed by atoms with Gasteiger partial charge >= 0.3 is 0 Å². The number of aromatic nitrogens is 1. The van der Waals surface area contributed by atoms with E-state index in [9.17, 15) is 8.42 Å². The van der Waals surface area contributed by atoms with Crippen LogP contribution in [0.3, 0.4) is 0 Å². The largest absolute Gasteiger partial charge is 0.497 e. The number of hydrogen-bond donors (Lipinski definition) is 0. The van der Waals surface area contributed by atoms with Crippen molar-refractivity contribution >= 4 is 33.0 Å². The molecule has 0 amide bonds. The molecule has 0 aliphatic carbocycles. The maximum Gasteiger partial charge on any atom is 0.212 e. The van der Waals surface area contributed by atoms with Gasteiger partial charge in [-0.05, 0) is 60.7 Å². The molecule has 1 heterocycles. The van der Waals surface area contributed by atoms with E-state index in [4.69, 9.17) is 32.5 Å². The van der Waals surface area contributed by atoms with Gasteiger partial charge in [0, 0.05) is 21.2 Å². The van der Waals surface area contributed by atoms with E-state index in [0.717, 1.165) is 0 Å². The van der Waals surface area contributed by atoms with E-state index >= 15 is 0 Å². The Morgan fingerprint density at radius 1 is 0.800 bits per heavy atom. The third-order valence-electron chi connectivity index (χ3n) is 4.51. The normalized spacial score (nSPS) is 11.4. The fraction of sp³-hybridized carbons (Fsp3) is 0.0455. The molecule has 4 aromatic rings. The van der Waals surface area contributed by atoms with Crippen LogP contribution in [0.25, 0.3) is 22.6 Å². The predicted octanol–water partition coefficient (Wildman–Crippen LogP) is 6.16. The monoisotopic (exact) mass is 459 g/mol. The summed E-state index contributed by atoms with van der Waals surface area (Å²) in [6, 6.07) is 19.5. The lowest BCUT2D eigenvalue weighted by Crippen LogP contribution is -2.04. The van der Waals surface area contributed by atoms with Crippen LogP contribution >= 0.6 is 23.2 Å². The molecular weight excluding hydrogens is 445 g/mol. The number of benzene rings is 3. The highest BCUT2D eigenvalue weighted by Gasteiger charge is 2.31. The van der Waals surface area contributed by atoms with Gasteiger partial charge in [-0.2, -0.15) is 0 Å². The van der Waals surface area contributed by atoms with Crippen molar-refractivity contribution in [3.8, 4) is 28.3 Å². The van der Waals surface area contributed by atoms with Crippen LogP contribution in [0.2, 0.25) is 10.0 Å². The molecule has 0 unspecified atom stereocenters. The molecule has 0 atom stereocenters. The summed E-state index contributed by atoms with van der Waals surface area (Å²) in [5.41, 5.74) is 1.32. The van der Waals surface area contributed by atoms with E-state index < -0.39 is 9.84 Å². The lowest BCUT2D eigenvalue weighted by molar-refractivity contribution is 0.414. The molecular formula is C22H15Cl2NO4S. The molecule has 30 heavy (non-hydrogen) atoms. The summed E-state index contributed by atoms with van der Waals surface area (Å²) in [6.45, 7) is 0. The van der Waals surface area contributed by atoms with Gasteiger partial charge in [0.15, 0.2) is 5.76 Å². The third-order valence-corrected chi connectivity index (χ3v) is 6.82. The minimum Gasteiger partial charge on any atom is -0.497 e. The Balaban J connectivity index is 1.95. The van der Waals surface area contributed by atoms with Crippen molar-refractivity contribution in [3.63, 3.8) is 0 Å². The van der Waals surface area contributed by atoms with E-state index in [1.54, 1.807) is 55.6 Å². The van der Waals surface area contributed by atoms with Gasteiger partial charge in [-0.15, -0.1) is 0 Å². The number of methoxy groups -OCH3 is 1. The van der Waals surface area contributed by atoms with Gasteiger partial charge in [0.2, 0.25) is 9.84 Å². The van der Waals surface area contributed by atoms with Gasteiger partial charge in [-0.1, -0.05) is 40.5 Å². The molecule has 3 aromatic carbocycles. The number of ether oxygens (including phenoxy) is 1. The van der Waals surface area contributed by atoms with E-state index in [0.29, 0.717) is 26.9 Å². The molecule has 152 valence electrons. The Morgan fingerprint density at radius 3 is 1.90 bits per heavy atom. The van der Waals surface area contributed by atoms with E-state index in [1.807, 2.05) is 0 Å². The Kier molecular flexibility index (Phi) is 5.56. The van der Waals surface area contributed by atoms with Crippen molar-refractivity contribution in [1.29, 1.82) is 0 Å². The summed E-state index contributed by atoms with van der Waals surface area (Å²) in [6.07, 6.45) is 0. The lowest BCUT2D eigenvalue weighted by Gasteiger charge is -2.08. The van der Waals surface area contributed by atoms with Crippen molar-refractivity contribution in [3.05, 3.63) is 82.8 Å². The van der Waals surface area contributed by atoms with Crippen LogP contribution in [-0.4, -0.2) is 20.7 Å². The first-order chi connectivity index (χ1) is 14.4. The van der Waals surface area contributed by atoms with E-state index in [1.165, 1.54) is 24.3 Å². The van der Waals surface area contributed by atoms with Crippen molar-refractivity contribution in [1.82, 2.24) is 5.16 Å². The van der Waals surface area contributed by atoms with Crippen LogP contribution in [0, 0.1) is 0 Å². The summed E-state index contributed by atoms with van der Waals surface area (Å²) in [5.74, 6) is 0.774. The van der Waals surface area contributed by atoms with E-state index in [2.05, 4.69) is 5.16 Å². The fourth-order valence-electron chi connectivity index (χ4n) is 2.98. The molecule has 0 aliphatic rings. The summed E-state index contributed by atoms with van der Waals surface area (Å²) < 4.78 is 37.9. The van der Waals surface area contributed by atoms with E-state index in [-0.39, 0.29) is 21.2 Å². The fourth-order valence-corrected chi connectivity index (χ4v) is 4.77. The standard InChI is InChI=1S/C22H15Cl2NO4S/c1-28-18-10-4-15(5-11-18)21-22(30(26,27)19-12-8-17(24)9-13-19)20(25-29-21)14-2-6-16(23)7-3-14/h2-13H,1H3. The first-order valence-electron chi connectivity index (χ1n) is 8.81. The number of hydrogen-bond acceptors (Lipinski definition) is 5. The molecule has 0 N–H and O–H groups in total. The smallest absolute Gasteiger partial charge is 0.212 e. The van der Waals surface area contributed by atoms with Crippen LogP contribution in [0.4, 0.5) is 0 Å². The van der Waals surface area contributed by atoms with Gasteiger partial charge in [-0.3, -0.25) is 0 Å².